The predicted octanol–water partition coefficient (Wildman–Crippen LogP) is 3.29. The molecule has 0 N–H and O–H groups in total. The first-order valence-corrected chi connectivity index (χ1v) is 4.49. The Morgan fingerprint density at radius 3 is 2.46 bits per heavy atom. The van der Waals surface area contributed by atoms with E-state index in [9.17, 15) is 0 Å². The highest BCUT2D eigenvalue weighted by Crippen LogP contribution is 2.02. The summed E-state index contributed by atoms with van der Waals surface area (Å²) in [5.41, 5.74) is 1.19. The van der Waals surface area contributed by atoms with E-state index < -0.39 is 0 Å². The molecule has 1 aromatic rings. The van der Waals surface area contributed by atoms with Crippen LogP contribution in [0.3, 0.4) is 0 Å². The second-order valence-corrected chi connectivity index (χ2v) is 3.09. The Balaban J connectivity index is 2.33. The molecular formula is C12H15O. The molecule has 0 aliphatic rings. The van der Waals surface area contributed by atoms with Crippen molar-refractivity contribution < 1.29 is 4.74 Å². The molecule has 13 heavy (non-hydrogen) atoms. The molecule has 1 nitrogen and oxygen atoms in total. The summed E-state index contributed by atoms with van der Waals surface area (Å²) in [7, 11) is 0. The SMILES string of the molecule is CC(C)O[CH]C=Cc1ccccc1. The molecule has 1 rings (SSSR count). The molecule has 0 atom stereocenters. The third-order valence-electron chi connectivity index (χ3n) is 1.52. The predicted molar refractivity (Wildman–Crippen MR) is 56.0 cm³/mol. The van der Waals surface area contributed by atoms with Crippen LogP contribution in [0, 0.1) is 6.61 Å². The van der Waals surface area contributed by atoms with Crippen molar-refractivity contribution in [2.45, 2.75) is 20.0 Å². The molecule has 0 amide bonds. The fourth-order valence-corrected chi connectivity index (χ4v) is 0.917. The fraction of sp³-hybridized carbons (Fsp3) is 0.250. The lowest BCUT2D eigenvalue weighted by molar-refractivity contribution is 0.150. The maximum Gasteiger partial charge on any atom is 0.106 e. The van der Waals surface area contributed by atoms with E-state index in [1.54, 1.807) is 6.61 Å². The number of hydrogen-bond acceptors (Lipinski definition) is 1. The van der Waals surface area contributed by atoms with Crippen LogP contribution in [0.1, 0.15) is 19.4 Å². The van der Waals surface area contributed by atoms with Gasteiger partial charge in [-0.1, -0.05) is 42.5 Å². The van der Waals surface area contributed by atoms with E-state index >= 15 is 0 Å². The summed E-state index contributed by atoms with van der Waals surface area (Å²) in [6.45, 7) is 5.73. The van der Waals surface area contributed by atoms with Crippen molar-refractivity contribution in [3.63, 3.8) is 0 Å². The van der Waals surface area contributed by atoms with Gasteiger partial charge in [0.2, 0.25) is 0 Å². The smallest absolute Gasteiger partial charge is 0.106 e. The molecule has 0 heterocycles. The summed E-state index contributed by atoms with van der Waals surface area (Å²) in [5, 5.41) is 0. The average Bonchev–Trinajstić information content (AvgIpc) is 2.14. The van der Waals surface area contributed by atoms with Gasteiger partial charge in [0.25, 0.3) is 0 Å². The van der Waals surface area contributed by atoms with Gasteiger partial charge in [-0.15, -0.1) is 0 Å². The average molecular weight is 175 g/mol. The van der Waals surface area contributed by atoms with Gasteiger partial charge in [-0.3, -0.25) is 0 Å². The summed E-state index contributed by atoms with van der Waals surface area (Å²) < 4.78 is 5.25. The third kappa shape index (κ3) is 4.48. The third-order valence-corrected chi connectivity index (χ3v) is 1.52. The van der Waals surface area contributed by atoms with Crippen LogP contribution in [0.5, 0.6) is 0 Å². The lowest BCUT2D eigenvalue weighted by atomic mass is 10.2. The van der Waals surface area contributed by atoms with Gasteiger partial charge in [0.1, 0.15) is 6.61 Å². The van der Waals surface area contributed by atoms with Crippen LogP contribution in [0.2, 0.25) is 0 Å². The topological polar surface area (TPSA) is 9.23 Å². The van der Waals surface area contributed by atoms with Crippen molar-refractivity contribution in [1.82, 2.24) is 0 Å². The van der Waals surface area contributed by atoms with Crippen molar-refractivity contribution in [2.75, 3.05) is 0 Å². The zero-order valence-electron chi connectivity index (χ0n) is 8.10. The Morgan fingerprint density at radius 1 is 1.15 bits per heavy atom. The zero-order chi connectivity index (χ0) is 9.52. The van der Waals surface area contributed by atoms with Gasteiger partial charge >= 0.3 is 0 Å². The highest BCUT2D eigenvalue weighted by Gasteiger charge is 1.88. The molecule has 1 radical (unpaired) electrons. The van der Waals surface area contributed by atoms with Gasteiger partial charge < -0.3 is 4.74 Å². The normalized spacial score (nSPS) is 11.3. The van der Waals surface area contributed by atoms with Crippen molar-refractivity contribution in [2.24, 2.45) is 0 Å². The highest BCUT2D eigenvalue weighted by atomic mass is 16.5. The van der Waals surface area contributed by atoms with Gasteiger partial charge in [0, 0.05) is 0 Å². The maximum atomic E-state index is 5.25. The molecule has 0 bridgehead atoms. The molecule has 0 saturated heterocycles. The lowest BCUT2D eigenvalue weighted by Gasteiger charge is -2.01. The number of hydrogen-bond donors (Lipinski definition) is 0. The molecule has 1 heteroatoms. The van der Waals surface area contributed by atoms with Crippen molar-refractivity contribution >= 4 is 6.08 Å². The van der Waals surface area contributed by atoms with E-state index in [1.807, 2.05) is 44.2 Å². The molecule has 0 saturated carbocycles. The monoisotopic (exact) mass is 175 g/mol. The van der Waals surface area contributed by atoms with Crippen LogP contribution in [0.4, 0.5) is 0 Å². The van der Waals surface area contributed by atoms with Crippen molar-refractivity contribution in [3.8, 4) is 0 Å². The van der Waals surface area contributed by atoms with E-state index in [-0.39, 0.29) is 6.10 Å². The van der Waals surface area contributed by atoms with E-state index in [4.69, 9.17) is 4.74 Å². The first kappa shape index (κ1) is 10.0. The van der Waals surface area contributed by atoms with Crippen LogP contribution >= 0.6 is 0 Å². The minimum absolute atomic E-state index is 0.250. The molecule has 0 aromatic heterocycles. The van der Waals surface area contributed by atoms with Crippen LogP contribution in [0.25, 0.3) is 6.08 Å². The maximum absolute atomic E-state index is 5.25. The first-order chi connectivity index (χ1) is 6.29. The van der Waals surface area contributed by atoms with E-state index in [0.29, 0.717) is 0 Å². The van der Waals surface area contributed by atoms with Gasteiger partial charge in [0.15, 0.2) is 0 Å². The molecule has 0 spiro atoms. The van der Waals surface area contributed by atoms with Crippen LogP contribution in [-0.2, 0) is 4.74 Å². The Morgan fingerprint density at radius 2 is 1.85 bits per heavy atom. The summed E-state index contributed by atoms with van der Waals surface area (Å²) in [5.74, 6) is 0. The number of ether oxygens (including phenoxy) is 1. The number of benzene rings is 1. The quantitative estimate of drug-likeness (QED) is 0.682. The minimum atomic E-state index is 0.250. The Hall–Kier alpha value is -1.08. The van der Waals surface area contributed by atoms with E-state index in [0.717, 1.165) is 0 Å². The Labute approximate surface area is 80.0 Å². The van der Waals surface area contributed by atoms with Crippen molar-refractivity contribution in [3.05, 3.63) is 48.6 Å². The fourth-order valence-electron chi connectivity index (χ4n) is 0.917. The summed E-state index contributed by atoms with van der Waals surface area (Å²) in [6, 6.07) is 10.1. The lowest BCUT2D eigenvalue weighted by Crippen LogP contribution is -1.97. The Bertz CT molecular complexity index is 249. The van der Waals surface area contributed by atoms with Gasteiger partial charge in [-0.2, -0.15) is 0 Å². The standard InChI is InChI=1S/C12H15O/c1-11(2)13-10-6-9-12-7-4-3-5-8-12/h3-11H,1-2H3. The minimum Gasteiger partial charge on any atom is -0.368 e. The van der Waals surface area contributed by atoms with Crippen molar-refractivity contribution in [1.29, 1.82) is 0 Å². The molecule has 0 unspecified atom stereocenters. The zero-order valence-corrected chi connectivity index (χ0v) is 8.10. The Kier molecular flexibility index (Phi) is 4.27. The first-order valence-electron chi connectivity index (χ1n) is 4.49. The van der Waals surface area contributed by atoms with Crippen LogP contribution < -0.4 is 0 Å². The summed E-state index contributed by atoms with van der Waals surface area (Å²) in [4.78, 5) is 0. The highest BCUT2D eigenvalue weighted by molar-refractivity contribution is 5.49. The molecular weight excluding hydrogens is 160 g/mol. The summed E-state index contributed by atoms with van der Waals surface area (Å²) >= 11 is 0. The van der Waals surface area contributed by atoms with E-state index in [1.165, 1.54) is 5.56 Å². The largest absolute Gasteiger partial charge is 0.368 e. The van der Waals surface area contributed by atoms with Gasteiger partial charge in [-0.25, -0.2) is 0 Å². The van der Waals surface area contributed by atoms with Crippen LogP contribution in [-0.4, -0.2) is 6.10 Å². The molecule has 1 aromatic carbocycles. The van der Waals surface area contributed by atoms with E-state index in [2.05, 4.69) is 12.1 Å². The molecule has 69 valence electrons. The number of rotatable bonds is 4. The molecule has 0 aliphatic heterocycles. The second kappa shape index (κ2) is 5.55. The van der Waals surface area contributed by atoms with Gasteiger partial charge in [-0.05, 0) is 19.4 Å². The molecule has 0 aliphatic carbocycles. The van der Waals surface area contributed by atoms with Gasteiger partial charge in [0.05, 0.1) is 6.10 Å². The summed E-state index contributed by atoms with van der Waals surface area (Å²) in [6.07, 6.45) is 4.18. The van der Waals surface area contributed by atoms with Crippen LogP contribution in [0.15, 0.2) is 36.4 Å². The second-order valence-electron chi connectivity index (χ2n) is 3.09. The molecule has 0 fully saturated rings.